The van der Waals surface area contributed by atoms with Gasteiger partial charge in [0.05, 0.1) is 12.8 Å². The number of nitrogens with zero attached hydrogens (tertiary/aromatic N) is 4. The molecule has 0 saturated heterocycles. The summed E-state index contributed by atoms with van der Waals surface area (Å²) in [5, 5.41) is 4.61. The molecule has 0 bridgehead atoms. The number of aryl methyl sites for hydroxylation is 2. The van der Waals surface area contributed by atoms with Crippen LogP contribution in [0.3, 0.4) is 0 Å². The lowest BCUT2D eigenvalue weighted by Crippen LogP contribution is -2.00. The standard InChI is InChI=1S/C14H15BrN4O/c1-9-13(15)19-14(16-9)18(2)12(17-19)8-10-4-6-11(20-3)7-5-10/h4-7H,8H2,1-3H3. The van der Waals surface area contributed by atoms with Gasteiger partial charge in [-0.1, -0.05) is 12.1 Å². The minimum atomic E-state index is 0.759. The molecule has 0 radical (unpaired) electrons. The zero-order valence-electron chi connectivity index (χ0n) is 11.6. The molecule has 6 heteroatoms. The van der Waals surface area contributed by atoms with E-state index < -0.39 is 0 Å². The number of methoxy groups -OCH3 is 1. The largest absolute Gasteiger partial charge is 0.497 e. The highest BCUT2D eigenvalue weighted by molar-refractivity contribution is 9.10. The van der Waals surface area contributed by atoms with Gasteiger partial charge in [0.1, 0.15) is 16.2 Å². The third-order valence-corrected chi connectivity index (χ3v) is 4.28. The Balaban J connectivity index is 1.95. The van der Waals surface area contributed by atoms with Crippen LogP contribution in [0, 0.1) is 6.92 Å². The van der Waals surface area contributed by atoms with E-state index in [-0.39, 0.29) is 0 Å². The summed E-state index contributed by atoms with van der Waals surface area (Å²) in [6.45, 7) is 1.96. The van der Waals surface area contributed by atoms with E-state index in [1.165, 1.54) is 5.56 Å². The Bertz CT molecular complexity index is 758. The number of hydrogen-bond donors (Lipinski definition) is 0. The monoisotopic (exact) mass is 334 g/mol. The summed E-state index contributed by atoms with van der Waals surface area (Å²) in [5.74, 6) is 2.68. The molecule has 3 rings (SSSR count). The third-order valence-electron chi connectivity index (χ3n) is 3.37. The molecule has 1 aromatic carbocycles. The van der Waals surface area contributed by atoms with Crippen LogP contribution in [0.1, 0.15) is 17.1 Å². The van der Waals surface area contributed by atoms with E-state index in [1.807, 2.05) is 35.2 Å². The molecule has 20 heavy (non-hydrogen) atoms. The van der Waals surface area contributed by atoms with Gasteiger partial charge in [0.2, 0.25) is 5.78 Å². The van der Waals surface area contributed by atoms with Crippen molar-refractivity contribution in [2.45, 2.75) is 13.3 Å². The molecule has 0 atom stereocenters. The Hall–Kier alpha value is -1.82. The number of rotatable bonds is 3. The minimum Gasteiger partial charge on any atom is -0.497 e. The van der Waals surface area contributed by atoms with Gasteiger partial charge in [0, 0.05) is 13.5 Å². The van der Waals surface area contributed by atoms with Crippen LogP contribution in [0.25, 0.3) is 5.78 Å². The Kier molecular flexibility index (Phi) is 3.25. The maximum atomic E-state index is 5.17. The number of halogens is 1. The maximum Gasteiger partial charge on any atom is 0.233 e. The minimum absolute atomic E-state index is 0.759. The number of aromatic nitrogens is 4. The Morgan fingerprint density at radius 2 is 1.95 bits per heavy atom. The molecule has 0 N–H and O–H groups in total. The highest BCUT2D eigenvalue weighted by atomic mass is 79.9. The molecule has 0 aliphatic carbocycles. The summed E-state index contributed by atoms with van der Waals surface area (Å²) < 4.78 is 9.92. The molecule has 5 nitrogen and oxygen atoms in total. The Morgan fingerprint density at radius 3 is 2.55 bits per heavy atom. The first-order valence-electron chi connectivity index (χ1n) is 6.29. The first-order valence-corrected chi connectivity index (χ1v) is 7.09. The zero-order chi connectivity index (χ0) is 14.3. The Morgan fingerprint density at radius 1 is 1.25 bits per heavy atom. The van der Waals surface area contributed by atoms with Crippen LogP contribution in [0.4, 0.5) is 0 Å². The smallest absolute Gasteiger partial charge is 0.233 e. The second kappa shape index (κ2) is 4.94. The van der Waals surface area contributed by atoms with Gasteiger partial charge in [-0.15, -0.1) is 0 Å². The topological polar surface area (TPSA) is 44.4 Å². The van der Waals surface area contributed by atoms with E-state index in [0.29, 0.717) is 0 Å². The lowest BCUT2D eigenvalue weighted by molar-refractivity contribution is 0.414. The van der Waals surface area contributed by atoms with Crippen molar-refractivity contribution in [2.24, 2.45) is 7.05 Å². The van der Waals surface area contributed by atoms with Crippen LogP contribution in [-0.4, -0.2) is 26.3 Å². The maximum absolute atomic E-state index is 5.17. The van der Waals surface area contributed by atoms with E-state index >= 15 is 0 Å². The first kappa shape index (κ1) is 13.2. The summed E-state index contributed by atoms with van der Waals surface area (Å²) >= 11 is 3.51. The van der Waals surface area contributed by atoms with Crippen LogP contribution in [0.5, 0.6) is 5.75 Å². The molecule has 3 aromatic rings. The number of ether oxygens (including phenoxy) is 1. The van der Waals surface area contributed by atoms with Crippen molar-refractivity contribution in [1.82, 2.24) is 19.2 Å². The van der Waals surface area contributed by atoms with Crippen molar-refractivity contribution >= 4 is 21.7 Å². The summed E-state index contributed by atoms with van der Waals surface area (Å²) in [5.41, 5.74) is 2.13. The van der Waals surface area contributed by atoms with Crippen LogP contribution in [-0.2, 0) is 13.5 Å². The SMILES string of the molecule is COc1ccc(Cc2nn3c(Br)c(C)nc3n2C)cc1. The van der Waals surface area contributed by atoms with Crippen LogP contribution < -0.4 is 4.74 Å². The normalized spacial score (nSPS) is 11.2. The molecule has 0 aliphatic heterocycles. The molecular weight excluding hydrogens is 320 g/mol. The molecule has 2 heterocycles. The van der Waals surface area contributed by atoms with E-state index in [4.69, 9.17) is 4.74 Å². The van der Waals surface area contributed by atoms with Crippen molar-refractivity contribution in [1.29, 1.82) is 0 Å². The van der Waals surface area contributed by atoms with E-state index in [9.17, 15) is 0 Å². The van der Waals surface area contributed by atoms with Gasteiger partial charge in [0.15, 0.2) is 0 Å². The van der Waals surface area contributed by atoms with E-state index in [1.54, 1.807) is 7.11 Å². The van der Waals surface area contributed by atoms with Gasteiger partial charge in [-0.05, 0) is 40.5 Å². The van der Waals surface area contributed by atoms with Gasteiger partial charge in [-0.25, -0.2) is 4.98 Å². The fourth-order valence-corrected chi connectivity index (χ4v) is 2.49. The quantitative estimate of drug-likeness (QED) is 0.739. The van der Waals surface area contributed by atoms with E-state index in [2.05, 4.69) is 38.1 Å². The lowest BCUT2D eigenvalue weighted by Gasteiger charge is -2.03. The van der Waals surface area contributed by atoms with Crippen molar-refractivity contribution in [3.63, 3.8) is 0 Å². The van der Waals surface area contributed by atoms with Crippen LogP contribution in [0.2, 0.25) is 0 Å². The van der Waals surface area contributed by atoms with Crippen molar-refractivity contribution in [2.75, 3.05) is 7.11 Å². The number of benzene rings is 1. The Labute approximate surface area is 125 Å². The van der Waals surface area contributed by atoms with Gasteiger partial charge in [-0.2, -0.15) is 9.61 Å². The molecule has 2 aromatic heterocycles. The van der Waals surface area contributed by atoms with Crippen molar-refractivity contribution in [3.8, 4) is 5.75 Å². The zero-order valence-corrected chi connectivity index (χ0v) is 13.2. The number of fused-ring (bicyclic) bond motifs is 1. The number of imidazole rings is 1. The average molecular weight is 335 g/mol. The molecule has 0 spiro atoms. The molecule has 0 aliphatic rings. The lowest BCUT2D eigenvalue weighted by atomic mass is 10.1. The third kappa shape index (κ3) is 2.10. The van der Waals surface area contributed by atoms with E-state index in [0.717, 1.165) is 34.1 Å². The fourth-order valence-electron chi connectivity index (χ4n) is 2.17. The predicted molar refractivity (Wildman–Crippen MR) is 80.2 cm³/mol. The highest BCUT2D eigenvalue weighted by Gasteiger charge is 2.14. The molecule has 0 amide bonds. The van der Waals surface area contributed by atoms with Crippen LogP contribution >= 0.6 is 15.9 Å². The fraction of sp³-hybridized carbons (Fsp3) is 0.286. The van der Waals surface area contributed by atoms with Gasteiger partial charge < -0.3 is 4.74 Å². The summed E-state index contributed by atoms with van der Waals surface area (Å²) in [7, 11) is 3.66. The molecule has 0 saturated carbocycles. The second-order valence-corrected chi connectivity index (χ2v) is 5.45. The second-order valence-electron chi connectivity index (χ2n) is 4.70. The molecular formula is C14H15BrN4O. The van der Waals surface area contributed by atoms with Gasteiger partial charge >= 0.3 is 0 Å². The summed E-state index contributed by atoms with van der Waals surface area (Å²) in [6, 6.07) is 8.03. The summed E-state index contributed by atoms with van der Waals surface area (Å²) in [4.78, 5) is 4.50. The molecule has 104 valence electrons. The number of hydrogen-bond acceptors (Lipinski definition) is 3. The highest BCUT2D eigenvalue weighted by Crippen LogP contribution is 2.20. The first-order chi connectivity index (χ1) is 9.60. The summed E-state index contributed by atoms with van der Waals surface area (Å²) in [6.07, 6.45) is 0.759. The van der Waals surface area contributed by atoms with Crippen molar-refractivity contribution in [3.05, 3.63) is 46.0 Å². The van der Waals surface area contributed by atoms with Gasteiger partial charge in [0.25, 0.3) is 0 Å². The molecule has 0 fully saturated rings. The van der Waals surface area contributed by atoms with Crippen molar-refractivity contribution < 1.29 is 4.74 Å². The predicted octanol–water partition coefficient (Wildman–Crippen LogP) is 2.74. The molecule has 0 unspecified atom stereocenters. The van der Waals surface area contributed by atoms with Gasteiger partial charge in [-0.3, -0.25) is 4.57 Å². The average Bonchev–Trinajstić information content (AvgIpc) is 2.90. The van der Waals surface area contributed by atoms with Crippen LogP contribution in [0.15, 0.2) is 28.9 Å².